The van der Waals surface area contributed by atoms with Crippen molar-refractivity contribution in [1.29, 1.82) is 5.26 Å². The predicted octanol–water partition coefficient (Wildman–Crippen LogP) is 3.70. The molecule has 1 aromatic carbocycles. The highest BCUT2D eigenvalue weighted by Crippen LogP contribution is 2.41. The summed E-state index contributed by atoms with van der Waals surface area (Å²) in [7, 11) is 1.37. The third-order valence-corrected chi connectivity index (χ3v) is 7.93. The van der Waals surface area contributed by atoms with E-state index in [2.05, 4.69) is 23.5 Å². The molecule has 1 aromatic heterocycles. The Hall–Kier alpha value is -4.86. The Balaban J connectivity index is 2.47. The van der Waals surface area contributed by atoms with E-state index in [0.717, 1.165) is 28.7 Å². The Labute approximate surface area is 271 Å². The zero-order chi connectivity index (χ0) is 35.1. The highest BCUT2D eigenvalue weighted by molar-refractivity contribution is 7.90. The minimum absolute atomic E-state index is 0.0153. The van der Waals surface area contributed by atoms with E-state index in [1.807, 2.05) is 25.1 Å². The van der Waals surface area contributed by atoms with Gasteiger partial charge in [-0.1, -0.05) is 42.7 Å². The molecule has 0 amide bonds. The molecule has 1 aliphatic rings. The van der Waals surface area contributed by atoms with Crippen LogP contribution in [0.15, 0.2) is 70.8 Å². The van der Waals surface area contributed by atoms with E-state index in [1.165, 1.54) is 42.2 Å². The number of allylic oxidation sites excluding steroid dienone is 5. The molecule has 2 aromatic rings. The van der Waals surface area contributed by atoms with Crippen LogP contribution in [0.5, 0.6) is 0 Å². The third-order valence-electron chi connectivity index (χ3n) is 6.90. The number of carbonyl (C=O) groups is 1. The maximum absolute atomic E-state index is 14.1. The number of carbonyl (C=O) groups excluding carboxylic acids is 1. The molecule has 15 heteroatoms. The van der Waals surface area contributed by atoms with Crippen molar-refractivity contribution in [3.05, 3.63) is 93.2 Å². The molecule has 11 nitrogen and oxygen atoms in total. The summed E-state index contributed by atoms with van der Waals surface area (Å²) >= 11 is 0. The van der Waals surface area contributed by atoms with Gasteiger partial charge in [0.25, 0.3) is 0 Å². The van der Waals surface area contributed by atoms with E-state index >= 15 is 0 Å². The number of benzene rings is 1. The number of aromatic nitrogens is 3. The normalized spacial score (nSPS) is 15.4. The largest absolute Gasteiger partial charge is 0.466 e. The number of fused-ring (bicyclic) bond motifs is 1. The van der Waals surface area contributed by atoms with Crippen LogP contribution in [0.2, 0.25) is 0 Å². The highest BCUT2D eigenvalue weighted by atomic mass is 32.2. The van der Waals surface area contributed by atoms with Crippen molar-refractivity contribution in [2.24, 2.45) is 0 Å². The molecule has 250 valence electrons. The molecular formula is C32H35F3N6O5S. The lowest BCUT2D eigenvalue weighted by Crippen LogP contribution is -2.40. The van der Waals surface area contributed by atoms with Crippen LogP contribution >= 0.6 is 0 Å². The van der Waals surface area contributed by atoms with Gasteiger partial charge in [-0.3, -0.25) is 9.80 Å². The smallest absolute Gasteiger partial charge is 0.392 e. The van der Waals surface area contributed by atoms with Gasteiger partial charge in [-0.05, 0) is 51.2 Å². The Morgan fingerprint density at radius 2 is 1.98 bits per heavy atom. The van der Waals surface area contributed by atoms with Crippen LogP contribution in [0.4, 0.5) is 19.1 Å². The van der Waals surface area contributed by atoms with Gasteiger partial charge in [0.15, 0.2) is 0 Å². The molecule has 0 radical (unpaired) electrons. The molecule has 3 rings (SSSR count). The van der Waals surface area contributed by atoms with E-state index < -0.39 is 40.1 Å². The fourth-order valence-electron chi connectivity index (χ4n) is 4.87. The summed E-state index contributed by atoms with van der Waals surface area (Å²) in [4.78, 5) is 30.8. The highest BCUT2D eigenvalue weighted by Gasteiger charge is 2.41. The van der Waals surface area contributed by atoms with Crippen molar-refractivity contribution in [3.63, 3.8) is 0 Å². The van der Waals surface area contributed by atoms with Crippen molar-refractivity contribution in [1.82, 2.24) is 19.2 Å². The summed E-state index contributed by atoms with van der Waals surface area (Å²) in [6.07, 6.45) is 0.0961. The Bertz CT molecular complexity index is 1900. The second-order valence-electron chi connectivity index (χ2n) is 10.9. The number of anilines is 1. The second kappa shape index (κ2) is 15.2. The van der Waals surface area contributed by atoms with Crippen LogP contribution in [-0.4, -0.2) is 79.6 Å². The number of aryl methyl sites for hydroxylation is 1. The van der Waals surface area contributed by atoms with Gasteiger partial charge >= 0.3 is 17.8 Å². The van der Waals surface area contributed by atoms with Gasteiger partial charge < -0.3 is 4.74 Å². The number of nitrogens with zero attached hydrogens (tertiary/aromatic N) is 6. The maximum Gasteiger partial charge on any atom is 0.392 e. The molecule has 1 unspecified atom stereocenters. The molecule has 47 heavy (non-hydrogen) atoms. The zero-order valence-corrected chi connectivity index (χ0v) is 27.4. The van der Waals surface area contributed by atoms with Crippen LogP contribution in [0.25, 0.3) is 0 Å². The molecule has 1 aliphatic heterocycles. The average molecular weight is 673 g/mol. The van der Waals surface area contributed by atoms with Crippen molar-refractivity contribution in [2.45, 2.75) is 38.5 Å². The minimum atomic E-state index is -4.58. The van der Waals surface area contributed by atoms with Gasteiger partial charge in [0, 0.05) is 29.8 Å². The summed E-state index contributed by atoms with van der Waals surface area (Å²) < 4.78 is 71.2. The summed E-state index contributed by atoms with van der Waals surface area (Å²) in [6, 6.07) is 5.36. The van der Waals surface area contributed by atoms with E-state index in [1.54, 1.807) is 6.07 Å². The van der Waals surface area contributed by atoms with Crippen LogP contribution in [0.1, 0.15) is 42.5 Å². The first-order chi connectivity index (χ1) is 22.0. The van der Waals surface area contributed by atoms with Gasteiger partial charge in [-0.15, -0.1) is 5.10 Å². The molecule has 0 saturated carbocycles. The maximum atomic E-state index is 14.1. The molecule has 0 bridgehead atoms. The lowest BCUT2D eigenvalue weighted by Gasteiger charge is -2.36. The summed E-state index contributed by atoms with van der Waals surface area (Å²) in [5, 5.41) is 14.1. The summed E-state index contributed by atoms with van der Waals surface area (Å²) in [5.74, 6) is 4.75. The van der Waals surface area contributed by atoms with E-state index in [-0.39, 0.29) is 47.2 Å². The van der Waals surface area contributed by atoms with E-state index in [9.17, 15) is 36.4 Å². The first-order valence-corrected chi connectivity index (χ1v) is 16.3. The monoisotopic (exact) mass is 672 g/mol. The average Bonchev–Trinajstić information content (AvgIpc) is 3.30. The van der Waals surface area contributed by atoms with Gasteiger partial charge in [-0.2, -0.15) is 18.4 Å². The molecule has 1 atom stereocenters. The molecular weight excluding hydrogens is 637 g/mol. The Kier molecular flexibility index (Phi) is 11.8. The van der Waals surface area contributed by atoms with Crippen LogP contribution < -0.4 is 10.6 Å². The first-order valence-electron chi connectivity index (χ1n) is 14.2. The van der Waals surface area contributed by atoms with Crippen LogP contribution in [-0.2, 0) is 25.9 Å². The Morgan fingerprint density at radius 1 is 1.28 bits per heavy atom. The van der Waals surface area contributed by atoms with Gasteiger partial charge in [0.1, 0.15) is 15.9 Å². The number of sulfone groups is 1. The molecule has 0 saturated heterocycles. The Morgan fingerprint density at radius 3 is 2.55 bits per heavy atom. The van der Waals surface area contributed by atoms with Crippen molar-refractivity contribution < 1.29 is 31.1 Å². The quantitative estimate of drug-likeness (QED) is 0.199. The van der Waals surface area contributed by atoms with Crippen molar-refractivity contribution in [3.8, 4) is 17.9 Å². The lowest BCUT2D eigenvalue weighted by molar-refractivity contribution is -0.136. The lowest BCUT2D eigenvalue weighted by atomic mass is 9.90. The number of hydrogen-bond acceptors (Lipinski definition) is 9. The van der Waals surface area contributed by atoms with E-state index in [4.69, 9.17) is 4.74 Å². The third kappa shape index (κ3) is 9.12. The first kappa shape index (κ1) is 36.6. The number of rotatable bonds is 11. The molecule has 0 spiro atoms. The number of alkyl halides is 3. The van der Waals surface area contributed by atoms with Gasteiger partial charge in [0.2, 0.25) is 5.95 Å². The molecule has 2 heterocycles. The SMILES string of the molecule is C=C/C=C\C(=C/CC(F)(F)F)N1C(C)=C(C(=O)OC)C(c2ccc(C#N)cc2C#CCN(C)C)n2c1nn(CCCS(C)(=O)=O)c2=O. The fraction of sp³-hybridized carbons (Fsp3) is 0.375. The minimum Gasteiger partial charge on any atom is -0.466 e. The summed E-state index contributed by atoms with van der Waals surface area (Å²) in [6.45, 7) is 5.27. The van der Waals surface area contributed by atoms with Gasteiger partial charge in [0.05, 0.1) is 43.0 Å². The fourth-order valence-corrected chi connectivity index (χ4v) is 5.52. The number of esters is 1. The van der Waals surface area contributed by atoms with E-state index in [0.29, 0.717) is 17.7 Å². The molecule has 0 fully saturated rings. The number of ether oxygens (including phenoxy) is 1. The molecule has 0 N–H and O–H groups in total. The van der Waals surface area contributed by atoms with Crippen LogP contribution in [0, 0.1) is 23.2 Å². The zero-order valence-electron chi connectivity index (χ0n) is 26.6. The van der Waals surface area contributed by atoms with Gasteiger partial charge in [-0.25, -0.2) is 27.3 Å². The summed E-state index contributed by atoms with van der Waals surface area (Å²) in [5.41, 5.74) is 0.0922. The topological polar surface area (TPSA) is 131 Å². The van der Waals surface area contributed by atoms with Crippen molar-refractivity contribution >= 4 is 21.8 Å². The molecule has 0 aliphatic carbocycles. The number of hydrogen-bond donors (Lipinski definition) is 0. The standard InChI is InChI=1S/C32H35F3N6O5S/c1-7-8-12-25(15-16-32(33,34)35)40-22(2)27(29(42)46-5)28(26-14-13-23(21-36)20-24(26)11-9-17-38(3)4)41-30(40)37-39(31(41)43)18-10-19-47(6,44)45/h7-8,12-15,20,28H,1,10,16-19H2,2-6H3/b12-8-,25-15+. The number of halogens is 3. The van der Waals surface area contributed by atoms with Crippen LogP contribution in [0.3, 0.4) is 0 Å². The number of methoxy groups -OCH3 is 1. The second-order valence-corrected chi connectivity index (χ2v) is 13.1. The van der Waals surface area contributed by atoms with Crippen molar-refractivity contribution in [2.75, 3.05) is 44.7 Å². The number of nitriles is 1. The predicted molar refractivity (Wildman–Crippen MR) is 171 cm³/mol.